The van der Waals surface area contributed by atoms with Crippen LogP contribution in [-0.2, 0) is 0 Å². The van der Waals surface area contributed by atoms with Gasteiger partial charge in [0.2, 0.25) is 0 Å². The lowest BCUT2D eigenvalue weighted by atomic mass is 10.1. The number of ether oxygens (including phenoxy) is 1. The second-order valence-electron chi connectivity index (χ2n) is 5.14. The number of alkyl halides is 2. The first-order valence-electron chi connectivity index (χ1n) is 7.41. The van der Waals surface area contributed by atoms with Gasteiger partial charge in [-0.25, -0.2) is 4.98 Å². The van der Waals surface area contributed by atoms with Crippen LogP contribution in [0.3, 0.4) is 0 Å². The summed E-state index contributed by atoms with van der Waals surface area (Å²) in [5.41, 5.74) is 1.20. The highest BCUT2D eigenvalue weighted by Crippen LogP contribution is 2.30. The van der Waals surface area contributed by atoms with Gasteiger partial charge in [0.05, 0.1) is 16.5 Å². The number of thiazole rings is 1. The minimum Gasteiger partial charge on any atom is -0.435 e. The number of carbonyl (C=O) groups is 1. The van der Waals surface area contributed by atoms with Crippen molar-refractivity contribution in [3.8, 4) is 16.5 Å². The van der Waals surface area contributed by atoms with Crippen LogP contribution in [0.5, 0.6) is 5.75 Å². The number of carbonyl (C=O) groups excluding carboxylic acids is 1. The van der Waals surface area contributed by atoms with Crippen molar-refractivity contribution in [1.29, 1.82) is 0 Å². The van der Waals surface area contributed by atoms with Gasteiger partial charge in [-0.15, -0.1) is 21.5 Å². The zero-order valence-electron chi connectivity index (χ0n) is 13.7. The van der Waals surface area contributed by atoms with Gasteiger partial charge in [-0.1, -0.05) is 11.8 Å². The van der Waals surface area contributed by atoms with Crippen molar-refractivity contribution in [2.45, 2.75) is 25.7 Å². The number of thioether (sulfide) groups is 1. The molecule has 0 N–H and O–H groups in total. The summed E-state index contributed by atoms with van der Waals surface area (Å²) in [5, 5.41) is 9.09. The van der Waals surface area contributed by atoms with Gasteiger partial charge in [-0.3, -0.25) is 4.79 Å². The lowest BCUT2D eigenvalue weighted by Gasteiger charge is -2.04. The molecule has 0 unspecified atom stereocenters. The lowest BCUT2D eigenvalue weighted by molar-refractivity contribution is -0.0498. The number of halogens is 2. The smallest absolute Gasteiger partial charge is 0.387 e. The summed E-state index contributed by atoms with van der Waals surface area (Å²) in [6, 6.07) is 5.51. The van der Waals surface area contributed by atoms with Crippen molar-refractivity contribution in [2.24, 2.45) is 0 Å². The number of benzene rings is 1. The van der Waals surface area contributed by atoms with Crippen molar-refractivity contribution in [3.05, 3.63) is 40.5 Å². The van der Waals surface area contributed by atoms with Crippen molar-refractivity contribution in [1.82, 2.24) is 15.2 Å². The summed E-state index contributed by atoms with van der Waals surface area (Å²) in [6.07, 6.45) is 0. The van der Waals surface area contributed by atoms with Gasteiger partial charge in [-0.05, 0) is 38.1 Å². The monoisotopic (exact) mass is 397 g/mol. The van der Waals surface area contributed by atoms with E-state index in [1.165, 1.54) is 35.6 Å². The van der Waals surface area contributed by atoms with Gasteiger partial charge >= 0.3 is 6.61 Å². The molecule has 3 aromatic rings. The van der Waals surface area contributed by atoms with Gasteiger partial charge in [0.25, 0.3) is 11.1 Å². The maximum Gasteiger partial charge on any atom is 0.387 e. The molecule has 0 saturated carbocycles. The quantitative estimate of drug-likeness (QED) is 0.432. The second kappa shape index (κ2) is 7.92. The van der Waals surface area contributed by atoms with E-state index in [1.807, 2.05) is 13.8 Å². The van der Waals surface area contributed by atoms with Crippen LogP contribution in [0.25, 0.3) is 10.8 Å². The third-order valence-electron chi connectivity index (χ3n) is 3.23. The summed E-state index contributed by atoms with van der Waals surface area (Å²) in [6.45, 7) is 0.856. The van der Waals surface area contributed by atoms with Crippen LogP contribution >= 0.6 is 23.1 Å². The van der Waals surface area contributed by atoms with Crippen molar-refractivity contribution < 1.29 is 22.7 Å². The largest absolute Gasteiger partial charge is 0.435 e. The van der Waals surface area contributed by atoms with E-state index in [0.717, 1.165) is 27.3 Å². The van der Waals surface area contributed by atoms with E-state index in [9.17, 15) is 13.6 Å². The summed E-state index contributed by atoms with van der Waals surface area (Å²) in [4.78, 5) is 17.3. The molecule has 0 aliphatic heterocycles. The molecular weight excluding hydrogens is 384 g/mol. The fraction of sp³-hybridized carbons (Fsp3) is 0.250. The Morgan fingerprint density at radius 3 is 2.62 bits per heavy atom. The van der Waals surface area contributed by atoms with Crippen LogP contribution in [0.1, 0.15) is 21.1 Å². The molecule has 10 heteroatoms. The fourth-order valence-electron chi connectivity index (χ4n) is 2.12. The Labute approximate surface area is 155 Å². The van der Waals surface area contributed by atoms with Crippen LogP contribution in [-0.4, -0.2) is 33.3 Å². The maximum atomic E-state index is 12.2. The molecule has 2 aromatic heterocycles. The van der Waals surface area contributed by atoms with E-state index < -0.39 is 6.61 Å². The molecule has 2 heterocycles. The van der Waals surface area contributed by atoms with Crippen molar-refractivity contribution in [3.63, 3.8) is 0 Å². The summed E-state index contributed by atoms with van der Waals surface area (Å²) in [7, 11) is 0. The highest BCUT2D eigenvalue weighted by atomic mass is 32.2. The molecule has 0 aliphatic carbocycles. The maximum absolute atomic E-state index is 12.2. The first-order valence-corrected chi connectivity index (χ1v) is 9.21. The Balaban J connectivity index is 1.60. The van der Waals surface area contributed by atoms with E-state index in [0.29, 0.717) is 11.5 Å². The lowest BCUT2D eigenvalue weighted by Crippen LogP contribution is -2.04. The average Bonchev–Trinajstić information content (AvgIpc) is 3.18. The number of aryl methyl sites for hydroxylation is 2. The van der Waals surface area contributed by atoms with E-state index >= 15 is 0 Å². The van der Waals surface area contributed by atoms with Gasteiger partial charge < -0.3 is 9.15 Å². The minimum atomic E-state index is -2.90. The third-order valence-corrected chi connectivity index (χ3v) is 5.11. The van der Waals surface area contributed by atoms with Gasteiger partial charge in [0, 0.05) is 5.56 Å². The van der Waals surface area contributed by atoms with Crippen LogP contribution < -0.4 is 4.74 Å². The summed E-state index contributed by atoms with van der Waals surface area (Å²) >= 11 is 2.57. The molecule has 0 radical (unpaired) electrons. The highest BCUT2D eigenvalue weighted by Gasteiger charge is 2.16. The predicted molar refractivity (Wildman–Crippen MR) is 93.0 cm³/mol. The molecule has 0 fully saturated rings. The topological polar surface area (TPSA) is 78.1 Å². The van der Waals surface area contributed by atoms with Crippen LogP contribution in [0.15, 0.2) is 33.9 Å². The summed E-state index contributed by atoms with van der Waals surface area (Å²) < 4.78 is 34.1. The zero-order chi connectivity index (χ0) is 18.7. The molecule has 0 aliphatic rings. The normalized spacial score (nSPS) is 11.1. The van der Waals surface area contributed by atoms with Crippen molar-refractivity contribution in [2.75, 3.05) is 5.75 Å². The highest BCUT2D eigenvalue weighted by molar-refractivity contribution is 7.99. The fourth-order valence-corrected chi connectivity index (χ4v) is 3.62. The van der Waals surface area contributed by atoms with Crippen LogP contribution in [0.4, 0.5) is 8.78 Å². The van der Waals surface area contributed by atoms with Crippen LogP contribution in [0.2, 0.25) is 0 Å². The van der Waals surface area contributed by atoms with E-state index in [2.05, 4.69) is 19.9 Å². The van der Waals surface area contributed by atoms with E-state index in [1.54, 1.807) is 0 Å². The Hall–Kier alpha value is -2.33. The number of rotatable bonds is 7. The van der Waals surface area contributed by atoms with Gasteiger partial charge in [-0.2, -0.15) is 8.78 Å². The Bertz CT molecular complexity index is 910. The van der Waals surface area contributed by atoms with Crippen LogP contribution in [0, 0.1) is 13.8 Å². The van der Waals surface area contributed by atoms with Gasteiger partial charge in [0.15, 0.2) is 5.78 Å². The summed E-state index contributed by atoms with van der Waals surface area (Å²) in [5.74, 6) is 0.262. The van der Waals surface area contributed by atoms with E-state index in [4.69, 9.17) is 4.42 Å². The first-order chi connectivity index (χ1) is 12.4. The van der Waals surface area contributed by atoms with Crippen molar-refractivity contribution >= 4 is 28.9 Å². The second-order valence-corrected chi connectivity index (χ2v) is 7.27. The Morgan fingerprint density at radius 2 is 2.00 bits per heavy atom. The zero-order valence-corrected chi connectivity index (χ0v) is 15.4. The number of hydrogen-bond donors (Lipinski definition) is 0. The third kappa shape index (κ3) is 4.44. The number of aromatic nitrogens is 3. The molecule has 0 atom stereocenters. The predicted octanol–water partition coefficient (Wildman–Crippen LogP) is 4.39. The SMILES string of the molecule is Cc1nc(C)c(-c2nnc(SCC(=O)c3ccc(OC(F)F)cc3)o2)s1. The molecule has 0 bridgehead atoms. The molecule has 6 nitrogen and oxygen atoms in total. The number of ketones is 1. The molecule has 3 rings (SSSR count). The molecule has 0 amide bonds. The molecule has 0 saturated heterocycles. The first kappa shape index (κ1) is 18.5. The number of nitrogens with zero attached hydrogens (tertiary/aromatic N) is 3. The number of Topliss-reactive ketones (excluding diaryl/α,β-unsaturated/α-hetero) is 1. The van der Waals surface area contributed by atoms with E-state index in [-0.39, 0.29) is 22.5 Å². The molecule has 26 heavy (non-hydrogen) atoms. The molecular formula is C16H13F2N3O3S2. The Morgan fingerprint density at radius 1 is 1.27 bits per heavy atom. The van der Waals surface area contributed by atoms with Gasteiger partial charge in [0.1, 0.15) is 10.6 Å². The molecule has 1 aromatic carbocycles. The minimum absolute atomic E-state index is 0.000895. The Kier molecular flexibility index (Phi) is 5.62. The standard InChI is InChI=1S/C16H13F2N3O3S2/c1-8-13(26-9(2)19-8)14-20-21-16(24-14)25-7-12(22)10-3-5-11(6-4-10)23-15(17)18/h3-6,15H,7H2,1-2H3. The number of hydrogen-bond acceptors (Lipinski definition) is 8. The molecule has 0 spiro atoms. The average molecular weight is 397 g/mol. The molecule has 136 valence electrons.